The van der Waals surface area contributed by atoms with E-state index in [1.807, 2.05) is 19.1 Å². The van der Waals surface area contributed by atoms with Crippen LogP contribution in [0.5, 0.6) is 11.5 Å². The largest absolute Gasteiger partial charge is 0.454 e. The minimum Gasteiger partial charge on any atom is -0.454 e. The van der Waals surface area contributed by atoms with Crippen molar-refractivity contribution in [2.75, 3.05) is 12.1 Å². The average Bonchev–Trinajstić information content (AvgIpc) is 3.03. The van der Waals surface area contributed by atoms with Crippen molar-refractivity contribution in [2.45, 2.75) is 13.5 Å². The molecule has 20 heavy (non-hydrogen) atoms. The number of aryl methyl sites for hydroxylation is 1. The monoisotopic (exact) mass is 292 g/mol. The van der Waals surface area contributed by atoms with Crippen LogP contribution in [-0.2, 0) is 6.54 Å². The number of hydrogen-bond acceptors (Lipinski definition) is 6. The fourth-order valence-electron chi connectivity index (χ4n) is 1.99. The summed E-state index contributed by atoms with van der Waals surface area (Å²) in [5, 5.41) is 14.2. The maximum Gasteiger partial charge on any atom is 0.296 e. The lowest BCUT2D eigenvalue weighted by atomic mass is 10.2. The SMILES string of the molecule is Cc1ccc(CNc2cc3c(cc2[N+](=O)[O-])OCO3)s1. The number of nitro groups is 1. The van der Waals surface area contributed by atoms with Crippen LogP contribution in [0.2, 0.25) is 0 Å². The molecule has 1 aromatic heterocycles. The fraction of sp³-hybridized carbons (Fsp3) is 0.231. The van der Waals surface area contributed by atoms with Gasteiger partial charge in [0.25, 0.3) is 5.69 Å². The van der Waals surface area contributed by atoms with Crippen LogP contribution in [0.25, 0.3) is 0 Å². The molecule has 0 bridgehead atoms. The van der Waals surface area contributed by atoms with Gasteiger partial charge in [0, 0.05) is 22.4 Å². The molecule has 1 N–H and O–H groups in total. The Kier molecular flexibility index (Phi) is 3.19. The zero-order valence-electron chi connectivity index (χ0n) is 10.7. The Morgan fingerprint density at radius 3 is 2.75 bits per heavy atom. The number of thiophene rings is 1. The number of rotatable bonds is 4. The van der Waals surface area contributed by atoms with Gasteiger partial charge >= 0.3 is 0 Å². The molecule has 0 radical (unpaired) electrons. The van der Waals surface area contributed by atoms with Crippen molar-refractivity contribution in [2.24, 2.45) is 0 Å². The molecule has 7 heteroatoms. The molecule has 1 aliphatic rings. The number of anilines is 1. The van der Waals surface area contributed by atoms with E-state index in [4.69, 9.17) is 9.47 Å². The molecule has 104 valence electrons. The van der Waals surface area contributed by atoms with Crippen LogP contribution in [0.3, 0.4) is 0 Å². The van der Waals surface area contributed by atoms with Gasteiger partial charge in [-0.3, -0.25) is 10.1 Å². The molecule has 0 spiro atoms. The molecule has 6 nitrogen and oxygen atoms in total. The van der Waals surface area contributed by atoms with Crippen molar-refractivity contribution in [1.82, 2.24) is 0 Å². The molecule has 2 heterocycles. The number of nitrogens with zero attached hydrogens (tertiary/aromatic N) is 1. The van der Waals surface area contributed by atoms with Gasteiger partial charge in [0.05, 0.1) is 11.0 Å². The predicted molar refractivity (Wildman–Crippen MR) is 75.6 cm³/mol. The molecule has 0 saturated carbocycles. The Hall–Kier alpha value is -2.28. The molecule has 1 aromatic carbocycles. The van der Waals surface area contributed by atoms with Crippen LogP contribution in [0, 0.1) is 17.0 Å². The summed E-state index contributed by atoms with van der Waals surface area (Å²) in [5.74, 6) is 0.940. The van der Waals surface area contributed by atoms with E-state index in [0.717, 1.165) is 4.88 Å². The van der Waals surface area contributed by atoms with E-state index >= 15 is 0 Å². The van der Waals surface area contributed by atoms with Crippen molar-refractivity contribution in [3.8, 4) is 11.5 Å². The summed E-state index contributed by atoms with van der Waals surface area (Å²) in [5.41, 5.74) is 0.424. The maximum absolute atomic E-state index is 11.1. The second kappa shape index (κ2) is 5.01. The highest BCUT2D eigenvalue weighted by Crippen LogP contribution is 2.40. The summed E-state index contributed by atoms with van der Waals surface area (Å²) in [4.78, 5) is 13.0. The average molecular weight is 292 g/mol. The molecule has 0 aliphatic carbocycles. The summed E-state index contributed by atoms with van der Waals surface area (Å²) < 4.78 is 10.4. The summed E-state index contributed by atoms with van der Waals surface area (Å²) in [6, 6.07) is 7.03. The summed E-state index contributed by atoms with van der Waals surface area (Å²) >= 11 is 1.66. The number of ether oxygens (including phenoxy) is 2. The van der Waals surface area contributed by atoms with E-state index < -0.39 is 4.92 Å². The van der Waals surface area contributed by atoms with Gasteiger partial charge in [-0.15, -0.1) is 11.3 Å². The van der Waals surface area contributed by atoms with E-state index in [9.17, 15) is 10.1 Å². The van der Waals surface area contributed by atoms with E-state index in [-0.39, 0.29) is 12.5 Å². The number of fused-ring (bicyclic) bond motifs is 1. The topological polar surface area (TPSA) is 73.6 Å². The van der Waals surface area contributed by atoms with Crippen molar-refractivity contribution < 1.29 is 14.4 Å². The Labute approximate surface area is 119 Å². The van der Waals surface area contributed by atoms with Crippen molar-refractivity contribution in [3.05, 3.63) is 44.1 Å². The second-order valence-corrected chi connectivity index (χ2v) is 5.72. The zero-order valence-corrected chi connectivity index (χ0v) is 11.5. The van der Waals surface area contributed by atoms with Gasteiger partial charge in [-0.2, -0.15) is 0 Å². The van der Waals surface area contributed by atoms with Crippen LogP contribution in [0.1, 0.15) is 9.75 Å². The second-order valence-electron chi connectivity index (χ2n) is 4.35. The number of hydrogen-bond donors (Lipinski definition) is 1. The summed E-state index contributed by atoms with van der Waals surface area (Å²) in [6.45, 7) is 2.66. The lowest BCUT2D eigenvalue weighted by Crippen LogP contribution is -2.01. The van der Waals surface area contributed by atoms with Gasteiger partial charge in [-0.05, 0) is 19.1 Å². The van der Waals surface area contributed by atoms with Crippen LogP contribution < -0.4 is 14.8 Å². The van der Waals surface area contributed by atoms with Crippen molar-refractivity contribution >= 4 is 22.7 Å². The van der Waals surface area contributed by atoms with Gasteiger partial charge in [0.1, 0.15) is 5.69 Å². The van der Waals surface area contributed by atoms with E-state index in [0.29, 0.717) is 23.7 Å². The Balaban J connectivity index is 1.86. The molecule has 2 aromatic rings. The van der Waals surface area contributed by atoms with Gasteiger partial charge in [0.2, 0.25) is 6.79 Å². The quantitative estimate of drug-likeness (QED) is 0.691. The first-order chi connectivity index (χ1) is 9.63. The molecule has 0 fully saturated rings. The normalized spacial score (nSPS) is 12.4. The lowest BCUT2D eigenvalue weighted by molar-refractivity contribution is -0.384. The Morgan fingerprint density at radius 2 is 2.10 bits per heavy atom. The molecule has 0 unspecified atom stereocenters. The highest BCUT2D eigenvalue weighted by molar-refractivity contribution is 7.11. The Morgan fingerprint density at radius 1 is 1.35 bits per heavy atom. The van der Waals surface area contributed by atoms with Gasteiger partial charge < -0.3 is 14.8 Å². The first-order valence-electron chi connectivity index (χ1n) is 6.01. The van der Waals surface area contributed by atoms with Crippen LogP contribution >= 0.6 is 11.3 Å². The third kappa shape index (κ3) is 2.39. The van der Waals surface area contributed by atoms with E-state index in [1.165, 1.54) is 10.9 Å². The number of nitrogens with one attached hydrogen (secondary N) is 1. The van der Waals surface area contributed by atoms with Crippen LogP contribution in [-0.4, -0.2) is 11.7 Å². The molecule has 0 amide bonds. The van der Waals surface area contributed by atoms with Gasteiger partial charge in [0.15, 0.2) is 11.5 Å². The van der Waals surface area contributed by atoms with Crippen molar-refractivity contribution in [3.63, 3.8) is 0 Å². The van der Waals surface area contributed by atoms with Crippen LogP contribution in [0.4, 0.5) is 11.4 Å². The number of benzene rings is 1. The molecular formula is C13H12N2O4S. The molecular weight excluding hydrogens is 280 g/mol. The Bertz CT molecular complexity index is 668. The minimum atomic E-state index is -0.427. The van der Waals surface area contributed by atoms with Gasteiger partial charge in [-0.1, -0.05) is 0 Å². The molecule has 1 aliphatic heterocycles. The van der Waals surface area contributed by atoms with Crippen molar-refractivity contribution in [1.29, 1.82) is 0 Å². The van der Waals surface area contributed by atoms with E-state index in [1.54, 1.807) is 17.4 Å². The lowest BCUT2D eigenvalue weighted by Gasteiger charge is -2.07. The highest BCUT2D eigenvalue weighted by atomic mass is 32.1. The molecule has 3 rings (SSSR count). The third-order valence-electron chi connectivity index (χ3n) is 2.94. The van der Waals surface area contributed by atoms with Gasteiger partial charge in [-0.25, -0.2) is 0 Å². The predicted octanol–water partition coefficient (Wildman–Crippen LogP) is 3.31. The summed E-state index contributed by atoms with van der Waals surface area (Å²) in [7, 11) is 0. The maximum atomic E-state index is 11.1. The van der Waals surface area contributed by atoms with Crippen LogP contribution in [0.15, 0.2) is 24.3 Å². The third-order valence-corrected chi connectivity index (χ3v) is 3.94. The summed E-state index contributed by atoms with van der Waals surface area (Å²) in [6.07, 6.45) is 0. The molecule has 0 atom stereocenters. The highest BCUT2D eigenvalue weighted by Gasteiger charge is 2.23. The standard InChI is InChI=1S/C13H12N2O4S/c1-8-2-3-9(20-8)6-14-10-4-12-13(19-7-18-12)5-11(10)15(16)17/h2-5,14H,6-7H2,1H3. The minimum absolute atomic E-state index is 0.0115. The van der Waals surface area contributed by atoms with E-state index in [2.05, 4.69) is 5.32 Å². The molecule has 0 saturated heterocycles. The number of nitro benzene ring substituents is 1. The fourth-order valence-corrected chi connectivity index (χ4v) is 2.82. The first kappa shape index (κ1) is 12.7. The smallest absolute Gasteiger partial charge is 0.296 e. The zero-order chi connectivity index (χ0) is 14.1. The first-order valence-corrected chi connectivity index (χ1v) is 6.82.